The average molecular weight is 332 g/mol. The molecule has 0 amide bonds. The summed E-state index contributed by atoms with van der Waals surface area (Å²) in [5.41, 5.74) is 1.42. The van der Waals surface area contributed by atoms with E-state index in [-0.39, 0.29) is 0 Å². The van der Waals surface area contributed by atoms with Crippen LogP contribution in [-0.2, 0) is 19.3 Å². The van der Waals surface area contributed by atoms with Crippen LogP contribution >= 0.6 is 23.1 Å². The molecule has 6 nitrogen and oxygen atoms in total. The molecule has 0 unspecified atom stereocenters. The van der Waals surface area contributed by atoms with Crippen molar-refractivity contribution in [3.8, 4) is 0 Å². The van der Waals surface area contributed by atoms with Gasteiger partial charge in [-0.25, -0.2) is 14.6 Å². The van der Waals surface area contributed by atoms with Gasteiger partial charge in [-0.2, -0.15) is 0 Å². The molecule has 1 aliphatic rings. The number of hydrogen-bond acceptors (Lipinski definition) is 7. The summed E-state index contributed by atoms with van der Waals surface area (Å²) in [5.74, 6) is 6.83. The van der Waals surface area contributed by atoms with E-state index in [9.17, 15) is 0 Å². The minimum atomic E-state index is 0.674. The van der Waals surface area contributed by atoms with Gasteiger partial charge in [-0.15, -0.1) is 21.5 Å². The molecule has 0 aromatic carbocycles. The maximum absolute atomic E-state index is 6.05. The van der Waals surface area contributed by atoms with Gasteiger partial charge >= 0.3 is 0 Å². The molecule has 0 aliphatic heterocycles. The quantitative estimate of drug-likeness (QED) is 0.586. The molecule has 8 heteroatoms. The van der Waals surface area contributed by atoms with E-state index in [1.165, 1.54) is 40.4 Å². The predicted molar refractivity (Wildman–Crippen MR) is 87.7 cm³/mol. The largest absolute Gasteiger partial charge is 0.336 e. The lowest BCUT2D eigenvalue weighted by Crippen LogP contribution is -2.13. The first-order chi connectivity index (χ1) is 10.8. The van der Waals surface area contributed by atoms with E-state index in [4.69, 9.17) is 5.84 Å². The SMILES string of the molecule is CCc1nnc(Sc2ncnc3sc4c(c23)CCCC4)n1N. The average Bonchev–Trinajstić information content (AvgIpc) is 3.09. The van der Waals surface area contributed by atoms with Crippen LogP contribution in [-0.4, -0.2) is 24.8 Å². The molecule has 0 saturated carbocycles. The minimum Gasteiger partial charge on any atom is -0.336 e. The zero-order valence-electron chi connectivity index (χ0n) is 12.2. The van der Waals surface area contributed by atoms with Crippen molar-refractivity contribution < 1.29 is 0 Å². The third-order valence-corrected chi connectivity index (χ3v) is 6.12. The Labute approximate surface area is 136 Å². The minimum absolute atomic E-state index is 0.674. The van der Waals surface area contributed by atoms with Gasteiger partial charge in [0, 0.05) is 16.7 Å². The van der Waals surface area contributed by atoms with Crippen molar-refractivity contribution in [1.82, 2.24) is 24.8 Å². The molecule has 114 valence electrons. The predicted octanol–water partition coefficient (Wildman–Crippen LogP) is 2.59. The lowest BCUT2D eigenvalue weighted by atomic mass is 9.97. The molecule has 4 rings (SSSR count). The van der Waals surface area contributed by atoms with Crippen LogP contribution in [0, 0.1) is 0 Å². The summed E-state index contributed by atoms with van der Waals surface area (Å²) >= 11 is 3.28. The van der Waals surface area contributed by atoms with Gasteiger partial charge in [-0.1, -0.05) is 6.92 Å². The van der Waals surface area contributed by atoms with Crippen LogP contribution in [0.5, 0.6) is 0 Å². The first-order valence-corrected chi connectivity index (χ1v) is 9.03. The summed E-state index contributed by atoms with van der Waals surface area (Å²) in [7, 11) is 0. The van der Waals surface area contributed by atoms with Gasteiger partial charge in [0.1, 0.15) is 16.2 Å². The molecule has 2 N–H and O–H groups in total. The number of aromatic nitrogens is 5. The fraction of sp³-hybridized carbons (Fsp3) is 0.429. The van der Waals surface area contributed by atoms with Crippen molar-refractivity contribution in [2.45, 2.75) is 49.2 Å². The van der Waals surface area contributed by atoms with Crippen molar-refractivity contribution in [3.05, 3.63) is 22.6 Å². The lowest BCUT2D eigenvalue weighted by molar-refractivity contribution is 0.699. The molecule has 3 aromatic rings. The first-order valence-electron chi connectivity index (χ1n) is 7.40. The number of thiophene rings is 1. The van der Waals surface area contributed by atoms with E-state index < -0.39 is 0 Å². The molecule has 0 atom stereocenters. The monoisotopic (exact) mass is 332 g/mol. The summed E-state index contributed by atoms with van der Waals surface area (Å²) < 4.78 is 1.55. The third-order valence-electron chi connectivity index (χ3n) is 3.96. The number of fused-ring (bicyclic) bond motifs is 3. The summed E-state index contributed by atoms with van der Waals surface area (Å²) in [6.45, 7) is 2.01. The molecule has 3 aromatic heterocycles. The van der Waals surface area contributed by atoms with Crippen LogP contribution in [0.2, 0.25) is 0 Å². The third kappa shape index (κ3) is 2.17. The molecule has 0 fully saturated rings. The highest BCUT2D eigenvalue weighted by atomic mass is 32.2. The summed E-state index contributed by atoms with van der Waals surface area (Å²) in [6, 6.07) is 0. The number of nitrogens with zero attached hydrogens (tertiary/aromatic N) is 5. The van der Waals surface area contributed by atoms with Crippen molar-refractivity contribution in [2.75, 3.05) is 5.84 Å². The maximum Gasteiger partial charge on any atom is 0.216 e. The molecule has 0 bridgehead atoms. The van der Waals surface area contributed by atoms with Gasteiger partial charge in [0.25, 0.3) is 0 Å². The van der Waals surface area contributed by atoms with E-state index >= 15 is 0 Å². The van der Waals surface area contributed by atoms with Crippen LogP contribution in [0.3, 0.4) is 0 Å². The van der Waals surface area contributed by atoms with Crippen LogP contribution in [0.1, 0.15) is 36.0 Å². The van der Waals surface area contributed by atoms with Gasteiger partial charge in [-0.3, -0.25) is 0 Å². The Bertz CT molecular complexity index is 837. The Hall–Kier alpha value is -1.67. The van der Waals surface area contributed by atoms with Gasteiger partial charge in [-0.05, 0) is 43.0 Å². The Morgan fingerprint density at radius 1 is 1.27 bits per heavy atom. The number of aryl methyl sites for hydroxylation is 3. The molecule has 1 aliphatic carbocycles. The van der Waals surface area contributed by atoms with Crippen molar-refractivity contribution in [2.24, 2.45) is 0 Å². The lowest BCUT2D eigenvalue weighted by Gasteiger charge is -2.11. The van der Waals surface area contributed by atoms with E-state index in [1.54, 1.807) is 22.3 Å². The molecular weight excluding hydrogens is 316 g/mol. The van der Waals surface area contributed by atoms with Gasteiger partial charge < -0.3 is 5.84 Å². The van der Waals surface area contributed by atoms with Crippen molar-refractivity contribution >= 4 is 33.3 Å². The molecular formula is C14H16N6S2. The van der Waals surface area contributed by atoms with Crippen LogP contribution < -0.4 is 5.84 Å². The standard InChI is InChI=1S/C14H16N6S2/c1-2-10-18-19-14(20(10)15)22-13-11-8-5-3-4-6-9(8)21-12(11)16-7-17-13/h7H,2-6,15H2,1H3. The van der Waals surface area contributed by atoms with E-state index in [1.807, 2.05) is 6.92 Å². The van der Waals surface area contributed by atoms with Gasteiger partial charge in [0.05, 0.1) is 0 Å². The molecule has 22 heavy (non-hydrogen) atoms. The second kappa shape index (κ2) is 5.51. The zero-order chi connectivity index (χ0) is 15.1. The maximum atomic E-state index is 6.05. The fourth-order valence-electron chi connectivity index (χ4n) is 2.84. The van der Waals surface area contributed by atoms with Gasteiger partial charge in [0.15, 0.2) is 5.82 Å². The Morgan fingerprint density at radius 3 is 2.95 bits per heavy atom. The molecule has 0 spiro atoms. The normalized spacial score (nSPS) is 14.4. The molecule has 0 radical (unpaired) electrons. The summed E-state index contributed by atoms with van der Waals surface area (Å²) in [6.07, 6.45) is 7.18. The van der Waals surface area contributed by atoms with Gasteiger partial charge in [0.2, 0.25) is 5.16 Å². The highest BCUT2D eigenvalue weighted by Crippen LogP contribution is 2.40. The fourth-order valence-corrected chi connectivity index (χ4v) is 5.02. The number of nitrogens with two attached hydrogens (primary N) is 1. The van der Waals surface area contributed by atoms with Crippen LogP contribution in [0.25, 0.3) is 10.2 Å². The number of rotatable bonds is 3. The highest BCUT2D eigenvalue weighted by molar-refractivity contribution is 7.99. The van der Waals surface area contributed by atoms with Crippen molar-refractivity contribution in [3.63, 3.8) is 0 Å². The second-order valence-corrected chi connectivity index (χ2v) is 7.33. The Morgan fingerprint density at radius 2 is 2.14 bits per heavy atom. The first kappa shape index (κ1) is 14.0. The van der Waals surface area contributed by atoms with Crippen LogP contribution in [0.4, 0.5) is 0 Å². The highest BCUT2D eigenvalue weighted by Gasteiger charge is 2.21. The smallest absolute Gasteiger partial charge is 0.216 e. The summed E-state index contributed by atoms with van der Waals surface area (Å²) in [4.78, 5) is 11.5. The second-order valence-electron chi connectivity index (χ2n) is 5.29. The molecule has 3 heterocycles. The number of nitrogen functional groups attached to an aromatic ring is 1. The topological polar surface area (TPSA) is 82.5 Å². The van der Waals surface area contributed by atoms with E-state index in [0.29, 0.717) is 5.16 Å². The van der Waals surface area contributed by atoms with E-state index in [0.717, 1.165) is 34.9 Å². The van der Waals surface area contributed by atoms with Crippen LogP contribution in [0.15, 0.2) is 16.5 Å². The zero-order valence-corrected chi connectivity index (χ0v) is 13.9. The Balaban J connectivity index is 1.81. The van der Waals surface area contributed by atoms with Crippen molar-refractivity contribution in [1.29, 1.82) is 0 Å². The number of hydrogen-bond donors (Lipinski definition) is 1. The Kier molecular flexibility index (Phi) is 3.50. The molecule has 0 saturated heterocycles. The summed E-state index contributed by atoms with van der Waals surface area (Å²) in [5, 5.41) is 11.1. The van der Waals surface area contributed by atoms with E-state index in [2.05, 4.69) is 20.2 Å².